The maximum Gasteiger partial charge on any atom is 0.238 e. The Morgan fingerprint density at radius 2 is 1.58 bits per heavy atom. The van der Waals surface area contributed by atoms with Crippen LogP contribution in [0.4, 0.5) is 11.4 Å². The first-order valence-electron chi connectivity index (χ1n) is 9.34. The second-order valence-corrected chi connectivity index (χ2v) is 7.42. The molecule has 0 unspecified atom stereocenters. The molecule has 3 rings (SSSR count). The number of aryl methyl sites for hydroxylation is 4. The van der Waals surface area contributed by atoms with Gasteiger partial charge in [-0.25, -0.2) is 0 Å². The van der Waals surface area contributed by atoms with Gasteiger partial charge in [-0.2, -0.15) is 0 Å². The lowest BCUT2D eigenvalue weighted by atomic mass is 10.1. The number of carbonyl (C=O) groups is 1. The molecular formula is C22H29N3O. The number of rotatable bonds is 4. The van der Waals surface area contributed by atoms with Gasteiger partial charge >= 0.3 is 0 Å². The van der Waals surface area contributed by atoms with Crippen LogP contribution in [-0.4, -0.2) is 43.5 Å². The predicted octanol–water partition coefficient (Wildman–Crippen LogP) is 3.68. The summed E-state index contributed by atoms with van der Waals surface area (Å²) in [6.07, 6.45) is 0. The Morgan fingerprint density at radius 3 is 2.19 bits per heavy atom. The van der Waals surface area contributed by atoms with Gasteiger partial charge in [0.15, 0.2) is 0 Å². The Balaban J connectivity index is 1.54. The van der Waals surface area contributed by atoms with Crippen molar-refractivity contribution < 1.29 is 4.79 Å². The summed E-state index contributed by atoms with van der Waals surface area (Å²) in [5, 5.41) is 3.11. The van der Waals surface area contributed by atoms with Crippen molar-refractivity contribution in [1.29, 1.82) is 0 Å². The zero-order valence-electron chi connectivity index (χ0n) is 16.3. The number of nitrogens with one attached hydrogen (secondary N) is 1. The molecule has 1 aliphatic rings. The summed E-state index contributed by atoms with van der Waals surface area (Å²) >= 11 is 0. The topological polar surface area (TPSA) is 35.6 Å². The summed E-state index contributed by atoms with van der Waals surface area (Å²) in [5.41, 5.74) is 7.00. The molecule has 1 fully saturated rings. The van der Waals surface area contributed by atoms with Gasteiger partial charge in [-0.15, -0.1) is 0 Å². The van der Waals surface area contributed by atoms with Gasteiger partial charge in [0.2, 0.25) is 5.91 Å². The normalized spacial score (nSPS) is 15.2. The van der Waals surface area contributed by atoms with Crippen LogP contribution in [0.25, 0.3) is 0 Å². The highest BCUT2D eigenvalue weighted by atomic mass is 16.2. The Bertz CT molecular complexity index is 769. The molecule has 138 valence electrons. The van der Waals surface area contributed by atoms with E-state index in [4.69, 9.17) is 0 Å². The molecule has 2 aromatic rings. The van der Waals surface area contributed by atoms with Crippen molar-refractivity contribution in [3.63, 3.8) is 0 Å². The lowest BCUT2D eigenvalue weighted by molar-refractivity contribution is -0.117. The summed E-state index contributed by atoms with van der Waals surface area (Å²) in [7, 11) is 0. The van der Waals surface area contributed by atoms with E-state index in [0.29, 0.717) is 6.54 Å². The second kappa shape index (κ2) is 7.92. The third-order valence-corrected chi connectivity index (χ3v) is 5.05. The molecule has 0 spiro atoms. The van der Waals surface area contributed by atoms with E-state index in [9.17, 15) is 4.79 Å². The van der Waals surface area contributed by atoms with Crippen LogP contribution in [0.3, 0.4) is 0 Å². The molecule has 0 atom stereocenters. The highest BCUT2D eigenvalue weighted by Gasteiger charge is 2.20. The smallest absolute Gasteiger partial charge is 0.238 e. The quantitative estimate of drug-likeness (QED) is 0.913. The fourth-order valence-corrected chi connectivity index (χ4v) is 3.75. The summed E-state index contributed by atoms with van der Waals surface area (Å²) in [6, 6.07) is 12.9. The van der Waals surface area contributed by atoms with Gasteiger partial charge in [0, 0.05) is 37.6 Å². The van der Waals surface area contributed by atoms with E-state index in [0.717, 1.165) is 43.0 Å². The molecule has 26 heavy (non-hydrogen) atoms. The molecule has 0 saturated carbocycles. The van der Waals surface area contributed by atoms with Crippen molar-refractivity contribution in [3.05, 3.63) is 58.7 Å². The minimum atomic E-state index is 0.0732. The highest BCUT2D eigenvalue weighted by molar-refractivity contribution is 5.93. The number of nitrogens with zero attached hydrogens (tertiary/aromatic N) is 2. The van der Waals surface area contributed by atoms with Crippen LogP contribution in [0.2, 0.25) is 0 Å². The van der Waals surface area contributed by atoms with Crippen LogP contribution < -0.4 is 10.2 Å². The van der Waals surface area contributed by atoms with Crippen molar-refractivity contribution in [1.82, 2.24) is 4.90 Å². The number of hydrogen-bond donors (Lipinski definition) is 1. The van der Waals surface area contributed by atoms with Crippen molar-refractivity contribution in [2.45, 2.75) is 27.7 Å². The number of carbonyl (C=O) groups excluding carboxylic acids is 1. The van der Waals surface area contributed by atoms with E-state index in [1.54, 1.807) is 0 Å². The van der Waals surface area contributed by atoms with Gasteiger partial charge in [0.05, 0.1) is 6.54 Å². The largest absolute Gasteiger partial charge is 0.369 e. The van der Waals surface area contributed by atoms with Crippen molar-refractivity contribution in [2.75, 3.05) is 42.9 Å². The SMILES string of the molecule is Cc1cccc(N2CCN(CC(=O)Nc3c(C)cc(C)cc3C)CC2)c1. The Kier molecular flexibility index (Phi) is 5.62. The average molecular weight is 351 g/mol. The van der Waals surface area contributed by atoms with E-state index in [1.807, 2.05) is 0 Å². The zero-order chi connectivity index (χ0) is 18.7. The van der Waals surface area contributed by atoms with Gasteiger partial charge in [-0.3, -0.25) is 9.69 Å². The maximum absolute atomic E-state index is 12.5. The summed E-state index contributed by atoms with van der Waals surface area (Å²) in [5.74, 6) is 0.0732. The first-order valence-corrected chi connectivity index (χ1v) is 9.34. The molecule has 1 aliphatic heterocycles. The van der Waals surface area contributed by atoms with Crippen molar-refractivity contribution in [2.24, 2.45) is 0 Å². The molecule has 1 amide bonds. The van der Waals surface area contributed by atoms with Gasteiger partial charge < -0.3 is 10.2 Å². The number of hydrogen-bond acceptors (Lipinski definition) is 3. The molecule has 4 heteroatoms. The third kappa shape index (κ3) is 4.44. The van der Waals surface area contributed by atoms with E-state index in [2.05, 4.69) is 79.2 Å². The average Bonchev–Trinajstić information content (AvgIpc) is 2.59. The molecule has 0 radical (unpaired) electrons. The fraction of sp³-hybridized carbons (Fsp3) is 0.409. The molecule has 4 nitrogen and oxygen atoms in total. The maximum atomic E-state index is 12.5. The molecule has 2 aromatic carbocycles. The van der Waals surface area contributed by atoms with Gasteiger partial charge in [-0.05, 0) is 56.5 Å². The third-order valence-electron chi connectivity index (χ3n) is 5.05. The first kappa shape index (κ1) is 18.5. The molecule has 0 aromatic heterocycles. The minimum Gasteiger partial charge on any atom is -0.369 e. The summed E-state index contributed by atoms with van der Waals surface area (Å²) < 4.78 is 0. The number of anilines is 2. The van der Waals surface area contributed by atoms with E-state index < -0.39 is 0 Å². The fourth-order valence-electron chi connectivity index (χ4n) is 3.75. The lowest BCUT2D eigenvalue weighted by Crippen LogP contribution is -2.48. The van der Waals surface area contributed by atoms with Gasteiger partial charge in [-0.1, -0.05) is 29.8 Å². The number of benzene rings is 2. The summed E-state index contributed by atoms with van der Waals surface area (Å²) in [4.78, 5) is 17.1. The van der Waals surface area contributed by atoms with E-state index in [-0.39, 0.29) is 5.91 Å². The highest BCUT2D eigenvalue weighted by Crippen LogP contribution is 2.22. The van der Waals surface area contributed by atoms with Crippen LogP contribution in [0, 0.1) is 27.7 Å². The molecule has 1 heterocycles. The van der Waals surface area contributed by atoms with Gasteiger partial charge in [0.25, 0.3) is 0 Å². The van der Waals surface area contributed by atoms with Crippen LogP contribution in [0.15, 0.2) is 36.4 Å². The molecular weight excluding hydrogens is 322 g/mol. The molecule has 1 saturated heterocycles. The number of amides is 1. The Hall–Kier alpha value is -2.33. The molecule has 1 N–H and O–H groups in total. The van der Waals surface area contributed by atoms with Crippen molar-refractivity contribution >= 4 is 17.3 Å². The van der Waals surface area contributed by atoms with Crippen LogP contribution in [0.5, 0.6) is 0 Å². The standard InChI is InChI=1S/C22H29N3O/c1-16-6-5-7-20(14-16)25-10-8-24(9-11-25)15-21(26)23-22-18(3)12-17(2)13-19(22)4/h5-7,12-14H,8-11,15H2,1-4H3,(H,23,26). The molecule has 0 bridgehead atoms. The monoisotopic (exact) mass is 351 g/mol. The van der Waals surface area contributed by atoms with E-state index in [1.165, 1.54) is 16.8 Å². The lowest BCUT2D eigenvalue weighted by Gasteiger charge is -2.35. The predicted molar refractivity (Wildman–Crippen MR) is 109 cm³/mol. The Morgan fingerprint density at radius 1 is 0.923 bits per heavy atom. The van der Waals surface area contributed by atoms with Crippen LogP contribution in [0.1, 0.15) is 22.3 Å². The molecule has 0 aliphatic carbocycles. The van der Waals surface area contributed by atoms with Gasteiger partial charge in [0.1, 0.15) is 0 Å². The van der Waals surface area contributed by atoms with Crippen molar-refractivity contribution in [3.8, 4) is 0 Å². The number of piperazine rings is 1. The first-order chi connectivity index (χ1) is 12.4. The Labute approximate surface area is 156 Å². The summed E-state index contributed by atoms with van der Waals surface area (Å²) in [6.45, 7) is 12.5. The minimum absolute atomic E-state index is 0.0732. The van der Waals surface area contributed by atoms with Crippen LogP contribution in [-0.2, 0) is 4.79 Å². The van der Waals surface area contributed by atoms with Crippen LogP contribution >= 0.6 is 0 Å². The van der Waals surface area contributed by atoms with E-state index >= 15 is 0 Å². The second-order valence-electron chi connectivity index (χ2n) is 7.42. The zero-order valence-corrected chi connectivity index (χ0v) is 16.3.